The van der Waals surface area contributed by atoms with E-state index in [0.717, 1.165) is 32.5 Å². The summed E-state index contributed by atoms with van der Waals surface area (Å²) in [5, 5.41) is 3.23. The highest BCUT2D eigenvalue weighted by molar-refractivity contribution is 5.79. The van der Waals surface area contributed by atoms with E-state index in [1.807, 2.05) is 0 Å². The van der Waals surface area contributed by atoms with Crippen molar-refractivity contribution in [2.24, 2.45) is 5.92 Å². The van der Waals surface area contributed by atoms with Crippen LogP contribution in [0.3, 0.4) is 0 Å². The summed E-state index contributed by atoms with van der Waals surface area (Å²) < 4.78 is 0. The van der Waals surface area contributed by atoms with Crippen molar-refractivity contribution in [3.05, 3.63) is 70.3 Å². The number of nitrogens with one attached hydrogen (secondary N) is 1. The Morgan fingerprint density at radius 1 is 1.07 bits per heavy atom. The molecule has 0 bridgehead atoms. The van der Waals surface area contributed by atoms with Crippen molar-refractivity contribution >= 4 is 5.91 Å². The zero-order chi connectivity index (χ0) is 19.4. The van der Waals surface area contributed by atoms with Crippen molar-refractivity contribution in [2.45, 2.75) is 53.1 Å². The summed E-state index contributed by atoms with van der Waals surface area (Å²) in [6.45, 7) is 11.4. The maximum Gasteiger partial charge on any atom is 0.223 e. The fourth-order valence-electron chi connectivity index (χ4n) is 3.87. The fraction of sp³-hybridized carbons (Fsp3) is 0.458. The Labute approximate surface area is 163 Å². The molecule has 0 saturated carbocycles. The molecular formula is C24H32N2O. The van der Waals surface area contributed by atoms with Crippen molar-refractivity contribution < 1.29 is 4.79 Å². The van der Waals surface area contributed by atoms with Gasteiger partial charge in [0, 0.05) is 12.5 Å². The second kappa shape index (κ2) is 8.71. The smallest absolute Gasteiger partial charge is 0.223 e. The van der Waals surface area contributed by atoms with E-state index in [1.165, 1.54) is 27.8 Å². The minimum absolute atomic E-state index is 0.0575. The summed E-state index contributed by atoms with van der Waals surface area (Å²) >= 11 is 0. The highest BCUT2D eigenvalue weighted by Gasteiger charge is 2.26. The van der Waals surface area contributed by atoms with Crippen LogP contribution in [0.5, 0.6) is 0 Å². The molecule has 3 heteroatoms. The molecule has 1 atom stereocenters. The molecule has 0 aliphatic carbocycles. The zero-order valence-electron chi connectivity index (χ0n) is 17.1. The van der Waals surface area contributed by atoms with Gasteiger partial charge in [0.2, 0.25) is 5.91 Å². The van der Waals surface area contributed by atoms with E-state index in [9.17, 15) is 4.79 Å². The van der Waals surface area contributed by atoms with Gasteiger partial charge >= 0.3 is 0 Å². The number of carbonyl (C=O) groups is 1. The standard InChI is InChI=1S/C24H32N2O/c1-17-6-5-7-21(14-17)16-26-12-10-22(11-13-26)24(27)25-20(4)23-9-8-18(2)19(3)15-23/h5-9,14-15,20,22H,10-13,16H2,1-4H3,(H,25,27)/t20-/m0/s1. The van der Waals surface area contributed by atoms with Gasteiger partial charge in [-0.15, -0.1) is 0 Å². The maximum absolute atomic E-state index is 12.7. The molecule has 3 nitrogen and oxygen atoms in total. The van der Waals surface area contributed by atoms with Crippen molar-refractivity contribution in [3.8, 4) is 0 Å². The highest BCUT2D eigenvalue weighted by Crippen LogP contribution is 2.22. The Kier molecular flexibility index (Phi) is 6.33. The maximum atomic E-state index is 12.7. The van der Waals surface area contributed by atoms with Crippen LogP contribution in [0.4, 0.5) is 0 Å². The van der Waals surface area contributed by atoms with Gasteiger partial charge in [-0.1, -0.05) is 48.0 Å². The topological polar surface area (TPSA) is 32.3 Å². The first-order valence-corrected chi connectivity index (χ1v) is 10.1. The molecule has 1 amide bonds. The summed E-state index contributed by atoms with van der Waals surface area (Å²) in [5.41, 5.74) is 6.42. The van der Waals surface area contributed by atoms with E-state index in [-0.39, 0.29) is 17.9 Å². The zero-order valence-corrected chi connectivity index (χ0v) is 17.1. The lowest BCUT2D eigenvalue weighted by molar-refractivity contribution is -0.127. The molecule has 0 unspecified atom stereocenters. The van der Waals surface area contributed by atoms with Crippen LogP contribution in [0.2, 0.25) is 0 Å². The van der Waals surface area contributed by atoms with Gasteiger partial charge in [0.15, 0.2) is 0 Å². The van der Waals surface area contributed by atoms with Crippen LogP contribution < -0.4 is 5.32 Å². The average molecular weight is 365 g/mol. The molecule has 1 aliphatic rings. The van der Waals surface area contributed by atoms with Crippen molar-refractivity contribution in [2.75, 3.05) is 13.1 Å². The Morgan fingerprint density at radius 2 is 1.81 bits per heavy atom. The van der Waals surface area contributed by atoms with E-state index < -0.39 is 0 Å². The summed E-state index contributed by atoms with van der Waals surface area (Å²) in [6, 6.07) is 15.2. The molecule has 1 aliphatic heterocycles. The Bertz CT molecular complexity index is 791. The second-order valence-electron chi connectivity index (χ2n) is 8.11. The molecule has 1 heterocycles. The first kappa shape index (κ1) is 19.6. The molecular weight excluding hydrogens is 332 g/mol. The summed E-state index contributed by atoms with van der Waals surface area (Å²) in [7, 11) is 0. The minimum Gasteiger partial charge on any atom is -0.349 e. The number of nitrogens with zero attached hydrogens (tertiary/aromatic N) is 1. The third-order valence-electron chi connectivity index (χ3n) is 5.84. The van der Waals surface area contributed by atoms with Gasteiger partial charge < -0.3 is 5.32 Å². The Hall–Kier alpha value is -2.13. The number of benzene rings is 2. The van der Waals surface area contributed by atoms with E-state index in [0.29, 0.717) is 0 Å². The fourth-order valence-corrected chi connectivity index (χ4v) is 3.87. The molecule has 1 fully saturated rings. The van der Waals surface area contributed by atoms with E-state index in [4.69, 9.17) is 0 Å². The number of aryl methyl sites for hydroxylation is 3. The van der Waals surface area contributed by atoms with Gasteiger partial charge in [-0.2, -0.15) is 0 Å². The molecule has 1 saturated heterocycles. The molecule has 0 aromatic heterocycles. The van der Waals surface area contributed by atoms with E-state index in [1.54, 1.807) is 0 Å². The van der Waals surface area contributed by atoms with Gasteiger partial charge in [-0.05, 0) is 75.9 Å². The van der Waals surface area contributed by atoms with Crippen LogP contribution >= 0.6 is 0 Å². The van der Waals surface area contributed by atoms with Gasteiger partial charge in [-0.25, -0.2) is 0 Å². The van der Waals surface area contributed by atoms with Gasteiger partial charge in [0.25, 0.3) is 0 Å². The lowest BCUT2D eigenvalue weighted by Gasteiger charge is -2.32. The number of hydrogen-bond donors (Lipinski definition) is 1. The predicted molar refractivity (Wildman–Crippen MR) is 112 cm³/mol. The van der Waals surface area contributed by atoms with Gasteiger partial charge in [0.1, 0.15) is 0 Å². The molecule has 0 radical (unpaired) electrons. The molecule has 144 valence electrons. The predicted octanol–water partition coefficient (Wildman–Crippen LogP) is 4.70. The van der Waals surface area contributed by atoms with E-state index in [2.05, 4.69) is 80.4 Å². The van der Waals surface area contributed by atoms with Crippen LogP contribution in [0, 0.1) is 26.7 Å². The number of amides is 1. The third-order valence-corrected chi connectivity index (χ3v) is 5.84. The monoisotopic (exact) mass is 364 g/mol. The number of hydrogen-bond acceptors (Lipinski definition) is 2. The number of piperidine rings is 1. The van der Waals surface area contributed by atoms with Crippen molar-refractivity contribution in [1.82, 2.24) is 10.2 Å². The molecule has 3 rings (SSSR count). The Morgan fingerprint density at radius 3 is 2.48 bits per heavy atom. The second-order valence-corrected chi connectivity index (χ2v) is 8.11. The Balaban J connectivity index is 1.50. The van der Waals surface area contributed by atoms with E-state index >= 15 is 0 Å². The van der Waals surface area contributed by atoms with Crippen LogP contribution in [-0.4, -0.2) is 23.9 Å². The lowest BCUT2D eigenvalue weighted by atomic mass is 9.94. The molecule has 2 aromatic rings. The lowest BCUT2D eigenvalue weighted by Crippen LogP contribution is -2.40. The van der Waals surface area contributed by atoms with Crippen LogP contribution in [-0.2, 0) is 11.3 Å². The molecule has 2 aromatic carbocycles. The SMILES string of the molecule is Cc1cccc(CN2CCC(C(=O)N[C@@H](C)c3ccc(C)c(C)c3)CC2)c1. The number of rotatable bonds is 5. The first-order chi connectivity index (χ1) is 12.9. The summed E-state index contributed by atoms with van der Waals surface area (Å²) in [5.74, 6) is 0.337. The van der Waals surface area contributed by atoms with Crippen molar-refractivity contribution in [1.29, 1.82) is 0 Å². The minimum atomic E-state index is 0.0575. The number of carbonyl (C=O) groups excluding carboxylic acids is 1. The average Bonchev–Trinajstić information content (AvgIpc) is 2.64. The van der Waals surface area contributed by atoms with Crippen LogP contribution in [0.15, 0.2) is 42.5 Å². The van der Waals surface area contributed by atoms with Gasteiger partial charge in [0.05, 0.1) is 6.04 Å². The van der Waals surface area contributed by atoms with Gasteiger partial charge in [-0.3, -0.25) is 9.69 Å². The summed E-state index contributed by atoms with van der Waals surface area (Å²) in [6.07, 6.45) is 1.88. The quantitative estimate of drug-likeness (QED) is 0.834. The van der Waals surface area contributed by atoms with Crippen LogP contribution in [0.25, 0.3) is 0 Å². The first-order valence-electron chi connectivity index (χ1n) is 10.1. The van der Waals surface area contributed by atoms with Crippen molar-refractivity contribution in [3.63, 3.8) is 0 Å². The van der Waals surface area contributed by atoms with Crippen LogP contribution in [0.1, 0.15) is 53.6 Å². The molecule has 1 N–H and O–H groups in total. The normalized spacial score (nSPS) is 16.9. The highest BCUT2D eigenvalue weighted by atomic mass is 16.1. The molecule has 27 heavy (non-hydrogen) atoms. The third kappa shape index (κ3) is 5.20. The number of likely N-dealkylation sites (tertiary alicyclic amines) is 1. The summed E-state index contributed by atoms with van der Waals surface area (Å²) in [4.78, 5) is 15.2. The molecule has 0 spiro atoms. The largest absolute Gasteiger partial charge is 0.349 e.